The first-order valence-electron chi connectivity index (χ1n) is 6.09. The molecule has 0 saturated heterocycles. The Balaban J connectivity index is 2.66. The molecule has 1 aromatic carbocycles. The van der Waals surface area contributed by atoms with Gasteiger partial charge in [-0.15, -0.1) is 0 Å². The molecule has 2 N–H and O–H groups in total. The van der Waals surface area contributed by atoms with Crippen molar-refractivity contribution in [3.63, 3.8) is 0 Å². The van der Waals surface area contributed by atoms with Crippen LogP contribution in [0.3, 0.4) is 0 Å². The molecule has 0 fully saturated rings. The Morgan fingerprint density at radius 2 is 1.91 bits per heavy atom. The Bertz CT molecular complexity index is 688. The molecule has 7 nitrogen and oxygen atoms in total. The SMILES string of the molecule is CNS(=O)(=O)c1cccc(C(=O)OCC(=O)NCC(F)(F)F)c1. The molecule has 0 saturated carbocycles. The summed E-state index contributed by atoms with van der Waals surface area (Å²) >= 11 is 0. The van der Waals surface area contributed by atoms with Gasteiger partial charge in [0.1, 0.15) is 6.54 Å². The number of carbonyl (C=O) groups is 2. The van der Waals surface area contributed by atoms with E-state index in [2.05, 4.69) is 9.46 Å². The Hall–Kier alpha value is -2.14. The highest BCUT2D eigenvalue weighted by atomic mass is 32.2. The van der Waals surface area contributed by atoms with Crippen LogP contribution in [0.25, 0.3) is 0 Å². The number of hydrogen-bond donors (Lipinski definition) is 2. The van der Waals surface area contributed by atoms with Gasteiger partial charge in [-0.3, -0.25) is 4.79 Å². The van der Waals surface area contributed by atoms with Gasteiger partial charge in [-0.2, -0.15) is 13.2 Å². The molecule has 0 radical (unpaired) electrons. The average Bonchev–Trinajstić information content (AvgIpc) is 2.50. The molecule has 1 aromatic rings. The molecule has 0 heterocycles. The standard InChI is InChI=1S/C12H13F3N2O5S/c1-16-23(20,21)9-4-2-3-8(5-9)11(19)22-6-10(18)17-7-12(13,14)15/h2-5,16H,6-7H2,1H3,(H,17,18). The van der Waals surface area contributed by atoms with Crippen molar-refractivity contribution in [3.05, 3.63) is 29.8 Å². The fraction of sp³-hybridized carbons (Fsp3) is 0.333. The van der Waals surface area contributed by atoms with Gasteiger partial charge in [-0.25, -0.2) is 17.9 Å². The molecule has 1 amide bonds. The van der Waals surface area contributed by atoms with Crippen molar-refractivity contribution in [3.8, 4) is 0 Å². The highest BCUT2D eigenvalue weighted by Crippen LogP contribution is 2.13. The number of amides is 1. The van der Waals surface area contributed by atoms with Gasteiger partial charge in [0.25, 0.3) is 5.91 Å². The highest BCUT2D eigenvalue weighted by Gasteiger charge is 2.27. The molecule has 0 aromatic heterocycles. The summed E-state index contributed by atoms with van der Waals surface area (Å²) in [5.74, 6) is -2.17. The topological polar surface area (TPSA) is 102 Å². The van der Waals surface area contributed by atoms with Gasteiger partial charge in [0.2, 0.25) is 10.0 Å². The van der Waals surface area contributed by atoms with Crippen LogP contribution in [0.2, 0.25) is 0 Å². The van der Waals surface area contributed by atoms with Crippen LogP contribution in [-0.2, 0) is 19.6 Å². The van der Waals surface area contributed by atoms with Crippen LogP contribution in [0.15, 0.2) is 29.2 Å². The maximum atomic E-state index is 11.9. The predicted octanol–water partition coefficient (Wildman–Crippen LogP) is 0.430. The van der Waals surface area contributed by atoms with Crippen molar-refractivity contribution >= 4 is 21.9 Å². The van der Waals surface area contributed by atoms with E-state index >= 15 is 0 Å². The number of halogens is 3. The monoisotopic (exact) mass is 354 g/mol. The number of sulfonamides is 1. The molecule has 0 unspecified atom stereocenters. The molecule has 0 atom stereocenters. The van der Waals surface area contributed by atoms with Gasteiger partial charge in [-0.1, -0.05) is 6.07 Å². The lowest BCUT2D eigenvalue weighted by molar-refractivity contribution is -0.140. The number of esters is 1. The van der Waals surface area contributed by atoms with E-state index in [0.29, 0.717) is 0 Å². The van der Waals surface area contributed by atoms with Crippen molar-refractivity contribution in [2.75, 3.05) is 20.2 Å². The summed E-state index contributed by atoms with van der Waals surface area (Å²) in [6.45, 7) is -2.46. The quantitative estimate of drug-likeness (QED) is 0.722. The second-order valence-corrected chi connectivity index (χ2v) is 6.09. The van der Waals surface area contributed by atoms with E-state index in [1.807, 2.05) is 0 Å². The van der Waals surface area contributed by atoms with Crippen molar-refractivity contribution in [2.24, 2.45) is 0 Å². The lowest BCUT2D eigenvalue weighted by Gasteiger charge is -2.09. The molecule has 128 valence electrons. The molecule has 0 bridgehead atoms. The number of ether oxygens (including phenoxy) is 1. The molecular formula is C12H13F3N2O5S. The summed E-state index contributed by atoms with van der Waals surface area (Å²) in [6, 6.07) is 4.77. The Morgan fingerprint density at radius 1 is 1.26 bits per heavy atom. The number of hydrogen-bond acceptors (Lipinski definition) is 5. The Morgan fingerprint density at radius 3 is 2.48 bits per heavy atom. The van der Waals surface area contributed by atoms with Gasteiger partial charge in [0.15, 0.2) is 6.61 Å². The fourth-order valence-electron chi connectivity index (χ4n) is 1.37. The second kappa shape index (κ2) is 7.42. The third-order valence-corrected chi connectivity index (χ3v) is 3.88. The van der Waals surface area contributed by atoms with Crippen molar-refractivity contribution in [1.82, 2.24) is 10.0 Å². The summed E-state index contributed by atoms with van der Waals surface area (Å²) in [4.78, 5) is 22.6. The molecule has 0 aliphatic heterocycles. The normalized spacial score (nSPS) is 11.8. The average molecular weight is 354 g/mol. The number of carbonyl (C=O) groups excluding carboxylic acids is 2. The third-order valence-electron chi connectivity index (χ3n) is 2.47. The predicted molar refractivity (Wildman–Crippen MR) is 72.0 cm³/mol. The first-order chi connectivity index (χ1) is 10.5. The molecule has 1 rings (SSSR count). The lowest BCUT2D eigenvalue weighted by atomic mass is 10.2. The minimum absolute atomic E-state index is 0.162. The van der Waals surface area contributed by atoms with E-state index in [0.717, 1.165) is 6.07 Å². The third kappa shape index (κ3) is 6.24. The summed E-state index contributed by atoms with van der Waals surface area (Å²) in [5, 5.41) is 1.53. The zero-order chi connectivity index (χ0) is 17.7. The molecule has 11 heteroatoms. The zero-order valence-electron chi connectivity index (χ0n) is 11.8. The fourth-order valence-corrected chi connectivity index (χ4v) is 2.15. The van der Waals surface area contributed by atoms with E-state index in [9.17, 15) is 31.2 Å². The summed E-state index contributed by atoms with van der Waals surface area (Å²) < 4.78 is 65.4. The van der Waals surface area contributed by atoms with Crippen LogP contribution in [0.5, 0.6) is 0 Å². The van der Waals surface area contributed by atoms with Crippen molar-refractivity contribution < 1.29 is 35.9 Å². The molecule has 0 spiro atoms. The van der Waals surface area contributed by atoms with Crippen LogP contribution in [0.4, 0.5) is 13.2 Å². The Labute approximate surface area is 129 Å². The van der Waals surface area contributed by atoms with E-state index in [1.54, 1.807) is 0 Å². The van der Waals surface area contributed by atoms with Gasteiger partial charge in [-0.05, 0) is 25.2 Å². The van der Waals surface area contributed by atoms with E-state index < -0.39 is 41.2 Å². The zero-order valence-corrected chi connectivity index (χ0v) is 12.6. The lowest BCUT2D eigenvalue weighted by Crippen LogP contribution is -2.36. The Kier molecular flexibility index (Phi) is 6.10. The van der Waals surface area contributed by atoms with E-state index in [4.69, 9.17) is 0 Å². The molecule has 0 aliphatic rings. The minimum atomic E-state index is -4.57. The second-order valence-electron chi connectivity index (χ2n) is 4.20. The molecule has 23 heavy (non-hydrogen) atoms. The van der Waals surface area contributed by atoms with Crippen LogP contribution in [0.1, 0.15) is 10.4 Å². The van der Waals surface area contributed by atoms with E-state index in [-0.39, 0.29) is 10.5 Å². The van der Waals surface area contributed by atoms with Gasteiger partial charge in [0, 0.05) is 0 Å². The number of benzene rings is 1. The first kappa shape index (κ1) is 18.9. The van der Waals surface area contributed by atoms with Crippen LogP contribution in [0, 0.1) is 0 Å². The van der Waals surface area contributed by atoms with Crippen LogP contribution >= 0.6 is 0 Å². The summed E-state index contributed by atoms with van der Waals surface area (Å²) in [6.07, 6.45) is -4.57. The minimum Gasteiger partial charge on any atom is -0.452 e. The molecular weight excluding hydrogens is 341 g/mol. The van der Waals surface area contributed by atoms with Gasteiger partial charge < -0.3 is 10.1 Å². The molecule has 0 aliphatic carbocycles. The van der Waals surface area contributed by atoms with Gasteiger partial charge >= 0.3 is 12.1 Å². The largest absolute Gasteiger partial charge is 0.452 e. The van der Waals surface area contributed by atoms with Crippen LogP contribution < -0.4 is 10.0 Å². The number of nitrogens with one attached hydrogen (secondary N) is 2. The maximum absolute atomic E-state index is 11.9. The highest BCUT2D eigenvalue weighted by molar-refractivity contribution is 7.89. The number of rotatable bonds is 6. The summed E-state index contributed by atoms with van der Waals surface area (Å²) in [7, 11) is -2.59. The maximum Gasteiger partial charge on any atom is 0.405 e. The van der Waals surface area contributed by atoms with Crippen molar-refractivity contribution in [1.29, 1.82) is 0 Å². The van der Waals surface area contributed by atoms with E-state index in [1.165, 1.54) is 30.6 Å². The first-order valence-corrected chi connectivity index (χ1v) is 7.57. The van der Waals surface area contributed by atoms with Gasteiger partial charge in [0.05, 0.1) is 10.5 Å². The summed E-state index contributed by atoms with van der Waals surface area (Å²) in [5.41, 5.74) is -0.162. The smallest absolute Gasteiger partial charge is 0.405 e. The number of alkyl halides is 3. The van der Waals surface area contributed by atoms with Crippen molar-refractivity contribution in [2.45, 2.75) is 11.1 Å². The van der Waals surface area contributed by atoms with Crippen LogP contribution in [-0.4, -0.2) is 46.7 Å².